The van der Waals surface area contributed by atoms with E-state index >= 15 is 4.39 Å². The average molecular weight is 423 g/mol. The number of hydrogen-bond acceptors (Lipinski definition) is 4. The van der Waals surface area contributed by atoms with Crippen LogP contribution in [0.4, 0.5) is 4.39 Å². The van der Waals surface area contributed by atoms with Gasteiger partial charge in [0, 0.05) is 5.92 Å². The number of carbonyl (C=O) groups excluding carboxylic acids is 1. The number of nitrogens with zero attached hydrogens (tertiary/aromatic N) is 2. The number of alkyl halides is 1. The van der Waals surface area contributed by atoms with Gasteiger partial charge in [0.05, 0.1) is 6.54 Å². The minimum absolute atomic E-state index is 0.00649. The Morgan fingerprint density at radius 2 is 1.80 bits per heavy atom. The topological polar surface area (TPSA) is 84.7 Å². The molecule has 0 amide bonds. The summed E-state index contributed by atoms with van der Waals surface area (Å²) in [5.74, 6) is 14.3. The Kier molecular flexibility index (Phi) is 7.47. The second-order valence-corrected chi connectivity index (χ2v) is 10.5. The predicted octanol–water partition coefficient (Wildman–Crippen LogP) is 4.51. The lowest BCUT2D eigenvalue weighted by Gasteiger charge is -2.57. The first kappa shape index (κ1) is 23.5. The lowest BCUT2D eigenvalue weighted by Crippen LogP contribution is -2.52. The van der Waals surface area contributed by atoms with Gasteiger partial charge in [-0.1, -0.05) is 34.1 Å². The van der Waals surface area contributed by atoms with Crippen LogP contribution in [0.5, 0.6) is 0 Å². The number of hydrazine groups is 1. The summed E-state index contributed by atoms with van der Waals surface area (Å²) in [6.45, 7) is 8.73. The van der Waals surface area contributed by atoms with Crippen LogP contribution in [0.1, 0.15) is 79.1 Å². The normalized spacial score (nSPS) is 45.0. The first-order chi connectivity index (χ1) is 14.3. The largest absolute Gasteiger partial charge is 0.322 e. The number of carbonyl (C=O) groups is 1. The molecule has 9 atom stereocenters. The van der Waals surface area contributed by atoms with Crippen molar-refractivity contribution in [3.05, 3.63) is 0 Å². The molecule has 6 heteroatoms. The molecule has 0 bridgehead atoms. The Bertz CT molecular complexity index is 628. The quantitative estimate of drug-likeness (QED) is 0.302. The van der Waals surface area contributed by atoms with Crippen molar-refractivity contribution in [2.75, 3.05) is 6.54 Å². The maximum atomic E-state index is 15.2. The van der Waals surface area contributed by atoms with Crippen molar-refractivity contribution in [3.63, 3.8) is 0 Å². The van der Waals surface area contributed by atoms with Crippen LogP contribution in [0.3, 0.4) is 0 Å². The highest BCUT2D eigenvalue weighted by atomic mass is 19.1. The first-order valence-corrected chi connectivity index (χ1v) is 12.3. The fourth-order valence-electron chi connectivity index (χ4n) is 7.96. The summed E-state index contributed by atoms with van der Waals surface area (Å²) in [7, 11) is 0. The van der Waals surface area contributed by atoms with Gasteiger partial charge in [-0.3, -0.25) is 9.80 Å². The molecule has 4 aliphatic carbocycles. The Hall–Kier alpha value is -1.17. The standard InChI is InChI=1S/C22H37FN4O.C2H6/c1-13-3-4-14-15-7-8-22(2)18(16(15)10-20(23)17(14)9-13)5-6-19(22)21(28)11-27(25)12-26-24;1-2/h12-20H,3-11,24-25H2,1-2H3;1-2H3/b26-12-;. The summed E-state index contributed by atoms with van der Waals surface area (Å²) in [5.41, 5.74) is -0.00649. The summed E-state index contributed by atoms with van der Waals surface area (Å²) in [6, 6.07) is 0. The third-order valence-electron chi connectivity index (χ3n) is 9.16. The summed E-state index contributed by atoms with van der Waals surface area (Å²) in [5, 5.41) is 4.68. The van der Waals surface area contributed by atoms with Gasteiger partial charge in [0.1, 0.15) is 12.5 Å². The molecule has 0 saturated heterocycles. The van der Waals surface area contributed by atoms with Crippen molar-refractivity contribution in [1.29, 1.82) is 0 Å². The van der Waals surface area contributed by atoms with Crippen LogP contribution < -0.4 is 11.7 Å². The zero-order valence-electron chi connectivity index (χ0n) is 19.4. The van der Waals surface area contributed by atoms with Crippen LogP contribution in [-0.4, -0.2) is 29.8 Å². The number of nitrogens with two attached hydrogens (primary N) is 2. The highest BCUT2D eigenvalue weighted by Gasteiger charge is 2.59. The molecule has 0 aromatic heterocycles. The molecule has 5 nitrogen and oxygen atoms in total. The van der Waals surface area contributed by atoms with E-state index in [9.17, 15) is 4.79 Å². The smallest absolute Gasteiger partial charge is 0.157 e. The highest BCUT2D eigenvalue weighted by molar-refractivity contribution is 5.85. The molecule has 4 N–H and O–H groups in total. The lowest BCUT2D eigenvalue weighted by molar-refractivity contribution is -0.133. The van der Waals surface area contributed by atoms with Gasteiger partial charge in [0.2, 0.25) is 0 Å². The second-order valence-electron chi connectivity index (χ2n) is 10.5. The molecular formula is C24H43FN4O. The molecule has 0 spiro atoms. The molecular weight excluding hydrogens is 379 g/mol. The van der Waals surface area contributed by atoms with Gasteiger partial charge in [-0.15, -0.1) is 0 Å². The molecule has 0 aromatic carbocycles. The highest BCUT2D eigenvalue weighted by Crippen LogP contribution is 2.64. The van der Waals surface area contributed by atoms with E-state index in [1.807, 2.05) is 13.8 Å². The van der Waals surface area contributed by atoms with Gasteiger partial charge in [-0.2, -0.15) is 5.10 Å². The van der Waals surface area contributed by atoms with Gasteiger partial charge >= 0.3 is 0 Å². The Labute approximate surface area is 182 Å². The molecule has 4 rings (SSSR count). The minimum atomic E-state index is -0.647. The van der Waals surface area contributed by atoms with E-state index < -0.39 is 6.17 Å². The van der Waals surface area contributed by atoms with Gasteiger partial charge in [-0.25, -0.2) is 10.2 Å². The number of halogens is 1. The van der Waals surface area contributed by atoms with Crippen molar-refractivity contribution in [2.24, 2.45) is 63.6 Å². The van der Waals surface area contributed by atoms with Crippen molar-refractivity contribution < 1.29 is 9.18 Å². The Morgan fingerprint density at radius 3 is 2.50 bits per heavy atom. The molecule has 0 aromatic rings. The van der Waals surface area contributed by atoms with Crippen molar-refractivity contribution in [3.8, 4) is 0 Å². The number of hydrazone groups is 1. The van der Waals surface area contributed by atoms with E-state index in [4.69, 9.17) is 11.7 Å². The van der Waals surface area contributed by atoms with Crippen LogP contribution in [-0.2, 0) is 4.79 Å². The molecule has 9 unspecified atom stereocenters. The van der Waals surface area contributed by atoms with Crippen LogP contribution in [0, 0.1) is 46.8 Å². The third-order valence-corrected chi connectivity index (χ3v) is 9.16. The lowest BCUT2D eigenvalue weighted by atomic mass is 9.49. The average Bonchev–Trinajstić information content (AvgIpc) is 3.07. The van der Waals surface area contributed by atoms with Crippen molar-refractivity contribution >= 4 is 12.1 Å². The zero-order chi connectivity index (χ0) is 22.1. The molecule has 172 valence electrons. The molecule has 4 fully saturated rings. The summed E-state index contributed by atoms with van der Waals surface area (Å²) in [6.07, 6.45) is 9.16. The van der Waals surface area contributed by atoms with Gasteiger partial charge in [0.15, 0.2) is 5.78 Å². The monoisotopic (exact) mass is 422 g/mol. The van der Waals surface area contributed by atoms with Gasteiger partial charge < -0.3 is 5.84 Å². The zero-order valence-corrected chi connectivity index (χ0v) is 19.4. The van der Waals surface area contributed by atoms with Crippen LogP contribution >= 0.6 is 0 Å². The first-order valence-electron chi connectivity index (χ1n) is 12.3. The SMILES string of the molecule is CC.CC1CCC2C(C1)C(F)CC1C2CCC2(C)C(C(=O)CN(N)/C=N\N)CCC12. The molecule has 0 aliphatic heterocycles. The molecule has 0 radical (unpaired) electrons. The van der Waals surface area contributed by atoms with E-state index in [2.05, 4.69) is 18.9 Å². The van der Waals surface area contributed by atoms with Crippen LogP contribution in [0.15, 0.2) is 5.10 Å². The van der Waals surface area contributed by atoms with Crippen LogP contribution in [0.25, 0.3) is 0 Å². The number of fused-ring (bicyclic) bond motifs is 5. The summed E-state index contributed by atoms with van der Waals surface area (Å²) >= 11 is 0. The fraction of sp³-hybridized carbons (Fsp3) is 0.917. The Balaban J connectivity index is 0.00000124. The van der Waals surface area contributed by atoms with Gasteiger partial charge in [0.25, 0.3) is 0 Å². The maximum absolute atomic E-state index is 15.2. The Morgan fingerprint density at radius 1 is 1.10 bits per heavy atom. The molecule has 30 heavy (non-hydrogen) atoms. The number of hydrogen-bond donors (Lipinski definition) is 2. The fourth-order valence-corrected chi connectivity index (χ4v) is 7.96. The number of rotatable bonds is 4. The van der Waals surface area contributed by atoms with E-state index in [0.717, 1.165) is 32.1 Å². The van der Waals surface area contributed by atoms with Crippen LogP contribution in [0.2, 0.25) is 0 Å². The minimum Gasteiger partial charge on any atom is -0.322 e. The molecule has 4 aliphatic rings. The van der Waals surface area contributed by atoms with E-state index in [-0.39, 0.29) is 29.6 Å². The number of ketones is 1. The van der Waals surface area contributed by atoms with Crippen molar-refractivity contribution in [1.82, 2.24) is 5.01 Å². The molecule has 4 saturated carbocycles. The summed E-state index contributed by atoms with van der Waals surface area (Å²) in [4.78, 5) is 13.0. The molecule has 0 heterocycles. The summed E-state index contributed by atoms with van der Waals surface area (Å²) < 4.78 is 15.2. The van der Waals surface area contributed by atoms with E-state index in [1.165, 1.54) is 30.6 Å². The van der Waals surface area contributed by atoms with E-state index in [0.29, 0.717) is 29.6 Å². The van der Waals surface area contributed by atoms with Gasteiger partial charge in [-0.05, 0) is 85.9 Å². The third kappa shape index (κ3) is 4.13. The number of Topliss-reactive ketones (excluding diaryl/α,β-unsaturated/α-hetero) is 1. The second kappa shape index (κ2) is 9.54. The maximum Gasteiger partial charge on any atom is 0.157 e. The van der Waals surface area contributed by atoms with E-state index in [1.54, 1.807) is 0 Å². The predicted molar refractivity (Wildman–Crippen MR) is 120 cm³/mol. The van der Waals surface area contributed by atoms with Crippen molar-refractivity contribution in [2.45, 2.75) is 85.2 Å².